The third-order valence-corrected chi connectivity index (χ3v) is 9.25. The third-order valence-electron chi connectivity index (χ3n) is 6.50. The van der Waals surface area contributed by atoms with Gasteiger partial charge in [0.25, 0.3) is 0 Å². The van der Waals surface area contributed by atoms with Crippen LogP contribution in [0, 0.1) is 5.92 Å². The smallest absolute Gasteiger partial charge is 0.234 e. The summed E-state index contributed by atoms with van der Waals surface area (Å²) in [7, 11) is -6.88. The normalized spacial score (nSPS) is 20.3. The van der Waals surface area contributed by atoms with Gasteiger partial charge in [0.15, 0.2) is 9.84 Å². The lowest BCUT2D eigenvalue weighted by Crippen LogP contribution is -2.37. The molecule has 1 aromatic carbocycles. The van der Waals surface area contributed by atoms with E-state index in [4.69, 9.17) is 0 Å². The maximum Gasteiger partial charge on any atom is 0.234 e. The molecule has 7 nitrogen and oxygen atoms in total. The topological polar surface area (TPSA) is 98.1 Å². The van der Waals surface area contributed by atoms with Gasteiger partial charge in [-0.05, 0) is 37.3 Å². The lowest BCUT2D eigenvalue weighted by molar-refractivity contribution is 0.303. The van der Waals surface area contributed by atoms with E-state index >= 15 is 0 Å². The van der Waals surface area contributed by atoms with Crippen LogP contribution in [-0.4, -0.2) is 38.4 Å². The Morgan fingerprint density at radius 1 is 1.19 bits per heavy atom. The molecule has 1 aliphatic carbocycles. The molecule has 1 saturated carbocycles. The SMILES string of the molecule is C[C@H](NS(=O)(=O)/C=C/c1nn(Cc2ccccc2)c2c1CS(=O)(=O)CC2)C1CCCCC1. The van der Waals surface area contributed by atoms with E-state index in [1.54, 1.807) is 0 Å². The van der Waals surface area contributed by atoms with Gasteiger partial charge in [-0.15, -0.1) is 0 Å². The number of fused-ring (bicyclic) bond motifs is 1. The van der Waals surface area contributed by atoms with Gasteiger partial charge in [-0.2, -0.15) is 5.10 Å². The molecule has 9 heteroatoms. The Bertz CT molecular complexity index is 1180. The highest BCUT2D eigenvalue weighted by molar-refractivity contribution is 7.92. The highest BCUT2D eigenvalue weighted by atomic mass is 32.2. The number of nitrogens with one attached hydrogen (secondary N) is 1. The van der Waals surface area contributed by atoms with Gasteiger partial charge >= 0.3 is 0 Å². The Morgan fingerprint density at radius 2 is 1.91 bits per heavy atom. The predicted octanol–water partition coefficient (Wildman–Crippen LogP) is 3.26. The van der Waals surface area contributed by atoms with Crippen LogP contribution in [0.25, 0.3) is 6.08 Å². The first-order valence-electron chi connectivity index (χ1n) is 11.3. The Labute approximate surface area is 190 Å². The first kappa shape index (κ1) is 23.2. The molecule has 2 aromatic rings. The van der Waals surface area contributed by atoms with E-state index < -0.39 is 19.9 Å². The molecule has 1 fully saturated rings. The molecule has 1 aliphatic heterocycles. The average Bonchev–Trinajstić information content (AvgIpc) is 3.08. The number of hydrogen-bond donors (Lipinski definition) is 1. The number of sulfone groups is 1. The fourth-order valence-electron chi connectivity index (χ4n) is 4.74. The van der Waals surface area contributed by atoms with Gasteiger partial charge in [-0.25, -0.2) is 21.6 Å². The number of nitrogens with zero attached hydrogens (tertiary/aromatic N) is 2. The zero-order valence-corrected chi connectivity index (χ0v) is 20.0. The van der Waals surface area contributed by atoms with Crippen molar-refractivity contribution in [1.29, 1.82) is 0 Å². The maximum absolute atomic E-state index is 12.7. The molecule has 4 rings (SSSR count). The second kappa shape index (κ2) is 9.49. The summed E-state index contributed by atoms with van der Waals surface area (Å²) in [6, 6.07) is 9.68. The van der Waals surface area contributed by atoms with Crippen molar-refractivity contribution in [3.8, 4) is 0 Å². The summed E-state index contributed by atoms with van der Waals surface area (Å²) < 4.78 is 54.5. The van der Waals surface area contributed by atoms with Crippen molar-refractivity contribution in [2.75, 3.05) is 5.75 Å². The van der Waals surface area contributed by atoms with E-state index in [1.807, 2.05) is 41.9 Å². The van der Waals surface area contributed by atoms with Crippen molar-refractivity contribution in [3.63, 3.8) is 0 Å². The Hall–Kier alpha value is -1.97. The second-order valence-corrected chi connectivity index (χ2v) is 12.7. The number of rotatable bonds is 7. The minimum absolute atomic E-state index is 0.0857. The van der Waals surface area contributed by atoms with Crippen LogP contribution in [0.2, 0.25) is 0 Å². The summed E-state index contributed by atoms with van der Waals surface area (Å²) in [5, 5.41) is 5.73. The van der Waals surface area contributed by atoms with Crippen LogP contribution in [0.15, 0.2) is 35.7 Å². The van der Waals surface area contributed by atoms with E-state index in [2.05, 4.69) is 9.82 Å². The lowest BCUT2D eigenvalue weighted by Gasteiger charge is -2.27. The highest BCUT2D eigenvalue weighted by Crippen LogP contribution is 2.28. The van der Waals surface area contributed by atoms with Crippen molar-refractivity contribution in [2.24, 2.45) is 5.92 Å². The molecule has 1 atom stereocenters. The summed E-state index contributed by atoms with van der Waals surface area (Å²) in [5.74, 6) is 0.334. The van der Waals surface area contributed by atoms with E-state index in [0.29, 0.717) is 30.1 Å². The molecule has 2 aliphatic rings. The van der Waals surface area contributed by atoms with Crippen LogP contribution in [0.5, 0.6) is 0 Å². The number of aromatic nitrogens is 2. The van der Waals surface area contributed by atoms with Crippen molar-refractivity contribution in [1.82, 2.24) is 14.5 Å². The fraction of sp³-hybridized carbons (Fsp3) is 0.522. The number of benzene rings is 1. The van der Waals surface area contributed by atoms with Crippen LogP contribution in [0.1, 0.15) is 61.5 Å². The van der Waals surface area contributed by atoms with Crippen molar-refractivity contribution >= 4 is 25.9 Å². The van der Waals surface area contributed by atoms with Crippen molar-refractivity contribution in [3.05, 3.63) is 58.3 Å². The number of sulfonamides is 1. The minimum Gasteiger partial charge on any atom is -0.264 e. The monoisotopic (exact) mass is 477 g/mol. The molecule has 0 unspecified atom stereocenters. The van der Waals surface area contributed by atoms with Gasteiger partial charge in [0, 0.05) is 29.1 Å². The van der Waals surface area contributed by atoms with Gasteiger partial charge in [0.05, 0.1) is 23.7 Å². The van der Waals surface area contributed by atoms with Crippen LogP contribution < -0.4 is 4.72 Å². The summed E-state index contributed by atoms with van der Waals surface area (Å²) in [6.07, 6.45) is 7.42. The third kappa shape index (κ3) is 5.68. The van der Waals surface area contributed by atoms with Crippen LogP contribution >= 0.6 is 0 Å². The molecular formula is C23H31N3O4S2. The molecule has 1 N–H and O–H groups in total. The van der Waals surface area contributed by atoms with Crippen molar-refractivity contribution in [2.45, 2.75) is 63.8 Å². The van der Waals surface area contributed by atoms with Gasteiger partial charge in [-0.3, -0.25) is 4.68 Å². The zero-order chi connectivity index (χ0) is 22.8. The second-order valence-electron chi connectivity index (χ2n) is 8.95. The van der Waals surface area contributed by atoms with Crippen molar-refractivity contribution < 1.29 is 16.8 Å². The predicted molar refractivity (Wildman–Crippen MR) is 126 cm³/mol. The Kier molecular flexibility index (Phi) is 6.88. The molecule has 32 heavy (non-hydrogen) atoms. The van der Waals surface area contributed by atoms with E-state index in [-0.39, 0.29) is 17.5 Å². The zero-order valence-electron chi connectivity index (χ0n) is 18.4. The highest BCUT2D eigenvalue weighted by Gasteiger charge is 2.28. The Balaban J connectivity index is 1.57. The molecule has 0 spiro atoms. The molecule has 0 radical (unpaired) electrons. The van der Waals surface area contributed by atoms with E-state index in [0.717, 1.165) is 42.3 Å². The lowest BCUT2D eigenvalue weighted by atomic mass is 9.85. The molecular weight excluding hydrogens is 446 g/mol. The van der Waals surface area contributed by atoms with Crippen LogP contribution in [-0.2, 0) is 38.6 Å². The van der Waals surface area contributed by atoms with E-state index in [1.165, 1.54) is 12.5 Å². The van der Waals surface area contributed by atoms with E-state index in [9.17, 15) is 16.8 Å². The van der Waals surface area contributed by atoms with Gasteiger partial charge < -0.3 is 0 Å². The number of hydrogen-bond acceptors (Lipinski definition) is 5. The van der Waals surface area contributed by atoms with Gasteiger partial charge in [-0.1, -0.05) is 49.6 Å². The molecule has 2 heterocycles. The maximum atomic E-state index is 12.7. The molecule has 0 saturated heterocycles. The van der Waals surface area contributed by atoms with Gasteiger partial charge in [0.1, 0.15) is 0 Å². The standard InChI is InChI=1S/C23H31N3O4S2/c1-18(20-10-6-3-7-11-20)25-32(29,30)15-12-22-21-17-31(27,28)14-13-23(21)26(24-22)16-19-8-4-2-5-9-19/h2,4-5,8-9,12,15,18,20,25H,3,6-7,10-11,13-14,16-17H2,1H3/b15-12+/t18-/m0/s1. The summed E-state index contributed by atoms with van der Waals surface area (Å²) in [4.78, 5) is 0. The molecule has 1 aromatic heterocycles. The quantitative estimate of drug-likeness (QED) is 0.660. The molecule has 174 valence electrons. The van der Waals surface area contributed by atoms with Crippen LogP contribution in [0.3, 0.4) is 0 Å². The van der Waals surface area contributed by atoms with Crippen LogP contribution in [0.4, 0.5) is 0 Å². The fourth-order valence-corrected chi connectivity index (χ4v) is 7.24. The first-order chi connectivity index (χ1) is 15.2. The Morgan fingerprint density at radius 3 is 2.62 bits per heavy atom. The summed E-state index contributed by atoms with van der Waals surface area (Å²) >= 11 is 0. The summed E-state index contributed by atoms with van der Waals surface area (Å²) in [6.45, 7) is 2.44. The minimum atomic E-state index is -3.66. The largest absolute Gasteiger partial charge is 0.264 e. The summed E-state index contributed by atoms with van der Waals surface area (Å²) in [5.41, 5.74) is 2.94. The average molecular weight is 478 g/mol. The molecule has 0 amide bonds. The van der Waals surface area contributed by atoms with Gasteiger partial charge in [0.2, 0.25) is 10.0 Å². The molecule has 0 bridgehead atoms. The first-order valence-corrected chi connectivity index (χ1v) is 14.6.